The molecule has 0 saturated carbocycles. The quantitative estimate of drug-likeness (QED) is 0.134. The van der Waals surface area contributed by atoms with Crippen molar-refractivity contribution in [3.05, 3.63) is 131 Å². The van der Waals surface area contributed by atoms with Crippen LogP contribution in [0.4, 0.5) is 0 Å². The minimum atomic E-state index is -0.0137. The van der Waals surface area contributed by atoms with Crippen LogP contribution in [0.3, 0.4) is 0 Å². The van der Waals surface area contributed by atoms with E-state index in [1.165, 1.54) is 22.3 Å². The van der Waals surface area contributed by atoms with Crippen LogP contribution in [0.15, 0.2) is 103 Å². The van der Waals surface area contributed by atoms with Crippen LogP contribution < -0.4 is 16.8 Å². The molecule has 4 aromatic rings. The Labute approximate surface area is 226 Å². The summed E-state index contributed by atoms with van der Waals surface area (Å²) in [6.07, 6.45) is 1.49. The first-order valence-corrected chi connectivity index (χ1v) is 13.2. The Morgan fingerprint density at radius 2 is 1.42 bits per heavy atom. The van der Waals surface area contributed by atoms with Crippen molar-refractivity contribution in [2.24, 2.45) is 17.4 Å². The van der Waals surface area contributed by atoms with Crippen molar-refractivity contribution in [3.8, 4) is 11.1 Å². The molecule has 4 rings (SSSR count). The molecule has 3 atom stereocenters. The van der Waals surface area contributed by atoms with Crippen LogP contribution in [0.25, 0.3) is 11.1 Å². The first-order chi connectivity index (χ1) is 18.5. The molecule has 0 aliphatic heterocycles. The van der Waals surface area contributed by atoms with Gasteiger partial charge in [-0.1, -0.05) is 97.1 Å². The van der Waals surface area contributed by atoms with Gasteiger partial charge in [-0.2, -0.15) is 0 Å². The maximum atomic E-state index is 10.5. The predicted octanol–water partition coefficient (Wildman–Crippen LogP) is 5.21. The van der Waals surface area contributed by atoms with Gasteiger partial charge in [-0.05, 0) is 59.2 Å². The lowest BCUT2D eigenvalue weighted by atomic mass is 9.87. The van der Waals surface area contributed by atoms with Crippen LogP contribution in [-0.2, 0) is 19.4 Å². The van der Waals surface area contributed by atoms with E-state index in [-0.39, 0.29) is 30.4 Å². The average molecular weight is 507 g/mol. The van der Waals surface area contributed by atoms with E-state index in [2.05, 4.69) is 85.0 Å². The summed E-state index contributed by atoms with van der Waals surface area (Å²) in [5.74, 6) is 0.0407. The van der Waals surface area contributed by atoms with E-state index in [0.29, 0.717) is 18.5 Å². The van der Waals surface area contributed by atoms with E-state index in [9.17, 15) is 5.11 Å². The van der Waals surface area contributed by atoms with E-state index in [1.54, 1.807) is 0 Å². The molecular formula is C33H38N4O. The molecule has 0 radical (unpaired) electrons. The van der Waals surface area contributed by atoms with Crippen LogP contribution in [0.5, 0.6) is 0 Å². The highest BCUT2D eigenvalue weighted by Gasteiger charge is 2.24. The third-order valence-electron chi connectivity index (χ3n) is 7.24. The molecular weight excluding hydrogens is 468 g/mol. The van der Waals surface area contributed by atoms with Crippen LogP contribution in [0.2, 0.25) is 0 Å². The highest BCUT2D eigenvalue weighted by Crippen LogP contribution is 2.25. The molecule has 0 amide bonds. The van der Waals surface area contributed by atoms with Gasteiger partial charge in [0.2, 0.25) is 0 Å². The molecule has 5 heteroatoms. The van der Waals surface area contributed by atoms with Gasteiger partial charge in [0.15, 0.2) is 0 Å². The van der Waals surface area contributed by atoms with Crippen molar-refractivity contribution < 1.29 is 5.11 Å². The van der Waals surface area contributed by atoms with Gasteiger partial charge >= 0.3 is 0 Å². The summed E-state index contributed by atoms with van der Waals surface area (Å²) in [5.41, 5.74) is 19.1. The first-order valence-electron chi connectivity index (χ1n) is 13.2. The number of nitrogens with two attached hydrogens (primary N) is 2. The highest BCUT2D eigenvalue weighted by molar-refractivity contribution is 5.95. The predicted molar refractivity (Wildman–Crippen MR) is 157 cm³/mol. The fourth-order valence-electron chi connectivity index (χ4n) is 4.95. The summed E-state index contributed by atoms with van der Waals surface area (Å²) in [6.45, 7) is 2.77. The molecule has 0 fully saturated rings. The van der Waals surface area contributed by atoms with Gasteiger partial charge in [0.25, 0.3) is 0 Å². The maximum absolute atomic E-state index is 10.5. The van der Waals surface area contributed by atoms with Crippen molar-refractivity contribution >= 4 is 5.84 Å². The molecule has 0 aliphatic rings. The number of amidine groups is 1. The summed E-state index contributed by atoms with van der Waals surface area (Å²) in [6, 6.07) is 35.3. The SMILES string of the molecule is CC(NC(Cc1ccccc1)C(CO)Cc1cccc(C(=N)N)c1)c1ccc(-c2ccc(CN)cc2)cc1. The van der Waals surface area contributed by atoms with Crippen molar-refractivity contribution in [2.45, 2.75) is 38.4 Å². The van der Waals surface area contributed by atoms with Crippen molar-refractivity contribution in [1.29, 1.82) is 5.41 Å². The molecule has 0 aliphatic carbocycles. The lowest BCUT2D eigenvalue weighted by Gasteiger charge is -2.30. The van der Waals surface area contributed by atoms with E-state index < -0.39 is 0 Å². The Balaban J connectivity index is 1.53. The molecule has 3 unspecified atom stereocenters. The van der Waals surface area contributed by atoms with E-state index in [4.69, 9.17) is 16.9 Å². The first kappa shape index (κ1) is 27.3. The minimum absolute atomic E-state index is 0.0137. The normalized spacial score (nSPS) is 13.6. The Bertz CT molecular complexity index is 1300. The number of benzene rings is 4. The van der Waals surface area contributed by atoms with Crippen LogP contribution in [-0.4, -0.2) is 23.6 Å². The number of rotatable bonds is 12. The van der Waals surface area contributed by atoms with Gasteiger partial charge in [0.05, 0.1) is 0 Å². The Morgan fingerprint density at radius 1 is 0.789 bits per heavy atom. The molecule has 0 saturated heterocycles. The Kier molecular flexibility index (Phi) is 9.44. The van der Waals surface area contributed by atoms with E-state index >= 15 is 0 Å². The van der Waals surface area contributed by atoms with Crippen molar-refractivity contribution in [3.63, 3.8) is 0 Å². The van der Waals surface area contributed by atoms with E-state index in [0.717, 1.165) is 17.5 Å². The largest absolute Gasteiger partial charge is 0.396 e. The second-order valence-corrected chi connectivity index (χ2v) is 9.97. The average Bonchev–Trinajstić information content (AvgIpc) is 2.96. The number of hydrogen-bond donors (Lipinski definition) is 5. The molecule has 0 aromatic heterocycles. The zero-order valence-corrected chi connectivity index (χ0v) is 22.0. The van der Waals surface area contributed by atoms with Gasteiger partial charge in [0, 0.05) is 36.7 Å². The second kappa shape index (κ2) is 13.2. The van der Waals surface area contributed by atoms with Gasteiger partial charge in [-0.15, -0.1) is 0 Å². The molecule has 4 aromatic carbocycles. The summed E-state index contributed by atoms with van der Waals surface area (Å²) in [5, 5.41) is 22.1. The molecule has 0 spiro atoms. The number of aliphatic hydroxyl groups is 1. The van der Waals surface area contributed by atoms with E-state index in [1.807, 2.05) is 30.3 Å². The monoisotopic (exact) mass is 506 g/mol. The van der Waals surface area contributed by atoms with Gasteiger partial charge in [-0.3, -0.25) is 5.41 Å². The van der Waals surface area contributed by atoms with Crippen molar-refractivity contribution in [2.75, 3.05) is 6.61 Å². The summed E-state index contributed by atoms with van der Waals surface area (Å²) in [4.78, 5) is 0. The molecule has 5 nitrogen and oxygen atoms in total. The standard InChI is InChI=1S/C33H38N4O/c1-23(27-14-16-29(17-15-27)28-12-10-25(21-34)11-13-28)37-32(20-24-6-3-2-4-7-24)31(22-38)19-26-8-5-9-30(18-26)33(35)36/h2-18,23,31-32,37-38H,19-22,34H2,1H3,(H3,35,36). The second-order valence-electron chi connectivity index (χ2n) is 9.97. The number of hydrogen-bond acceptors (Lipinski definition) is 4. The van der Waals surface area contributed by atoms with Crippen LogP contribution >= 0.6 is 0 Å². The van der Waals surface area contributed by atoms with Crippen molar-refractivity contribution in [1.82, 2.24) is 5.32 Å². The summed E-state index contributed by atoms with van der Waals surface area (Å²) >= 11 is 0. The lowest BCUT2D eigenvalue weighted by molar-refractivity contribution is 0.181. The fourth-order valence-corrected chi connectivity index (χ4v) is 4.95. The topological polar surface area (TPSA) is 108 Å². The van der Waals surface area contributed by atoms with Gasteiger partial charge in [0.1, 0.15) is 5.84 Å². The maximum Gasteiger partial charge on any atom is 0.122 e. The number of aliphatic hydroxyl groups excluding tert-OH is 1. The van der Waals surface area contributed by atoms with Crippen LogP contribution in [0.1, 0.15) is 40.8 Å². The molecule has 7 N–H and O–H groups in total. The zero-order chi connectivity index (χ0) is 26.9. The zero-order valence-electron chi connectivity index (χ0n) is 22.0. The smallest absolute Gasteiger partial charge is 0.122 e. The third kappa shape index (κ3) is 7.17. The summed E-state index contributed by atoms with van der Waals surface area (Å²) in [7, 11) is 0. The minimum Gasteiger partial charge on any atom is -0.396 e. The Hall–Kier alpha value is -3.77. The number of nitrogens with one attached hydrogen (secondary N) is 2. The van der Waals surface area contributed by atoms with Gasteiger partial charge in [-0.25, -0.2) is 0 Å². The summed E-state index contributed by atoms with van der Waals surface area (Å²) < 4.78 is 0. The molecule has 38 heavy (non-hydrogen) atoms. The number of nitrogen functional groups attached to an aromatic ring is 1. The lowest BCUT2D eigenvalue weighted by Crippen LogP contribution is -2.42. The highest BCUT2D eigenvalue weighted by atomic mass is 16.3. The Morgan fingerprint density at radius 3 is 2.03 bits per heavy atom. The molecule has 196 valence electrons. The third-order valence-corrected chi connectivity index (χ3v) is 7.24. The van der Waals surface area contributed by atoms with Crippen LogP contribution in [0, 0.1) is 11.3 Å². The molecule has 0 heterocycles. The molecule has 0 bridgehead atoms. The van der Waals surface area contributed by atoms with Gasteiger partial charge < -0.3 is 21.9 Å². The fraction of sp³-hybridized carbons (Fsp3) is 0.242.